The summed E-state index contributed by atoms with van der Waals surface area (Å²) in [5, 5.41) is 0. The summed E-state index contributed by atoms with van der Waals surface area (Å²) in [6, 6.07) is 0. The lowest BCUT2D eigenvalue weighted by molar-refractivity contribution is 0.959. The number of allylic oxidation sites excluding steroid dienone is 1. The van der Waals surface area contributed by atoms with Crippen molar-refractivity contribution in [1.29, 1.82) is 0 Å². The molecule has 0 heterocycles. The van der Waals surface area contributed by atoms with Crippen molar-refractivity contribution in [3.63, 3.8) is 0 Å². The molecule has 0 nitrogen and oxygen atoms in total. The quantitative estimate of drug-likeness (QED) is 0.627. The van der Waals surface area contributed by atoms with Gasteiger partial charge in [0.2, 0.25) is 0 Å². The van der Waals surface area contributed by atoms with Crippen LogP contribution in [0.1, 0.15) is 19.8 Å². The Morgan fingerprint density at radius 2 is 2.45 bits per heavy atom. The number of terminal acetylenes is 1. The molecule has 0 saturated carbocycles. The molecule has 11 heavy (non-hydrogen) atoms. The molecule has 0 aliphatic carbocycles. The lowest BCUT2D eigenvalue weighted by atomic mass is 10.3. The maximum atomic E-state index is 5.60. The maximum absolute atomic E-state index is 5.60. The van der Waals surface area contributed by atoms with E-state index in [9.17, 15) is 0 Å². The van der Waals surface area contributed by atoms with Gasteiger partial charge >= 0.3 is 0 Å². The summed E-state index contributed by atoms with van der Waals surface area (Å²) < 4.78 is 1.12. The Morgan fingerprint density at radius 3 is 2.91 bits per heavy atom. The van der Waals surface area contributed by atoms with Crippen molar-refractivity contribution in [3.05, 3.63) is 10.3 Å². The highest BCUT2D eigenvalue weighted by Crippen LogP contribution is 2.31. The van der Waals surface area contributed by atoms with Crippen LogP contribution in [0.3, 0.4) is 0 Å². The number of unbranched alkanes of at least 4 members (excludes halogenated alkanes) is 1. The second-order valence-corrected chi connectivity index (χ2v) is 4.21. The van der Waals surface area contributed by atoms with E-state index in [4.69, 9.17) is 17.1 Å². The molecule has 0 N–H and O–H groups in total. The van der Waals surface area contributed by atoms with E-state index in [-0.39, 0.29) is 0 Å². The number of rotatable bonds is 5. The van der Waals surface area contributed by atoms with Crippen molar-refractivity contribution in [2.75, 3.05) is 5.75 Å². The standard InChI is InChI=1S/C8H11ClS2/c1-3-5-6-8(11-9)10-7-4-2/h2,6H,3,5,7H2,1H3/b8-6-. The molecule has 0 fully saturated rings. The molecule has 0 aromatic heterocycles. The molecular formula is C8H11ClS2. The lowest BCUT2D eigenvalue weighted by Gasteiger charge is -1.97. The van der Waals surface area contributed by atoms with E-state index in [1.165, 1.54) is 11.0 Å². The van der Waals surface area contributed by atoms with Gasteiger partial charge in [-0.2, -0.15) is 0 Å². The van der Waals surface area contributed by atoms with E-state index in [0.717, 1.165) is 17.1 Å². The largest absolute Gasteiger partial charge is 0.119 e. The van der Waals surface area contributed by atoms with Gasteiger partial charge in [0.25, 0.3) is 0 Å². The second-order valence-electron chi connectivity index (χ2n) is 1.88. The molecule has 0 atom stereocenters. The van der Waals surface area contributed by atoms with Crippen LogP contribution >= 0.6 is 33.4 Å². The Bertz CT molecular complexity index is 158. The Hall–Kier alpha value is 0.290. The van der Waals surface area contributed by atoms with Crippen LogP contribution in [0.25, 0.3) is 0 Å². The van der Waals surface area contributed by atoms with Crippen molar-refractivity contribution in [2.24, 2.45) is 0 Å². The van der Waals surface area contributed by atoms with Crippen molar-refractivity contribution < 1.29 is 0 Å². The minimum Gasteiger partial charge on any atom is -0.119 e. The molecule has 0 rings (SSSR count). The summed E-state index contributed by atoms with van der Waals surface area (Å²) in [7, 11) is 6.85. The van der Waals surface area contributed by atoms with Crippen LogP contribution in [0, 0.1) is 12.3 Å². The minimum atomic E-state index is 0.704. The van der Waals surface area contributed by atoms with E-state index >= 15 is 0 Å². The van der Waals surface area contributed by atoms with E-state index in [1.807, 2.05) is 0 Å². The van der Waals surface area contributed by atoms with Crippen LogP contribution < -0.4 is 0 Å². The average molecular weight is 207 g/mol. The van der Waals surface area contributed by atoms with E-state index in [1.54, 1.807) is 11.8 Å². The van der Waals surface area contributed by atoms with Gasteiger partial charge in [-0.15, -0.1) is 18.2 Å². The minimum absolute atomic E-state index is 0.704. The molecule has 0 aliphatic heterocycles. The first-order valence-corrected chi connectivity index (χ1v) is 6.03. The zero-order valence-electron chi connectivity index (χ0n) is 6.47. The Labute approximate surface area is 81.7 Å². The Morgan fingerprint density at radius 1 is 1.73 bits per heavy atom. The van der Waals surface area contributed by atoms with Crippen LogP contribution in [0.5, 0.6) is 0 Å². The van der Waals surface area contributed by atoms with Gasteiger partial charge in [0.1, 0.15) is 0 Å². The monoisotopic (exact) mass is 206 g/mol. The smallest absolute Gasteiger partial charge is 0.0597 e. The van der Waals surface area contributed by atoms with Crippen molar-refractivity contribution in [1.82, 2.24) is 0 Å². The van der Waals surface area contributed by atoms with Gasteiger partial charge in [0, 0.05) is 0 Å². The third kappa shape index (κ3) is 6.68. The molecule has 0 radical (unpaired) electrons. The molecule has 0 aromatic rings. The normalized spacial score (nSPS) is 11.2. The van der Waals surface area contributed by atoms with Crippen LogP contribution in [0.2, 0.25) is 0 Å². The van der Waals surface area contributed by atoms with E-state index in [0.29, 0.717) is 5.75 Å². The molecule has 3 heteroatoms. The van der Waals surface area contributed by atoms with Crippen molar-refractivity contribution in [2.45, 2.75) is 19.8 Å². The highest BCUT2D eigenvalue weighted by atomic mass is 35.7. The highest BCUT2D eigenvalue weighted by Gasteiger charge is 1.94. The summed E-state index contributed by atoms with van der Waals surface area (Å²) in [6.07, 6.45) is 9.46. The van der Waals surface area contributed by atoms with Gasteiger partial charge in [0.05, 0.1) is 9.99 Å². The molecular weight excluding hydrogens is 196 g/mol. The third-order valence-corrected chi connectivity index (χ3v) is 3.43. The van der Waals surface area contributed by atoms with Crippen molar-refractivity contribution in [3.8, 4) is 12.3 Å². The number of thioether (sulfide) groups is 1. The number of halogens is 1. The number of hydrogen-bond acceptors (Lipinski definition) is 2. The zero-order valence-corrected chi connectivity index (χ0v) is 8.86. The van der Waals surface area contributed by atoms with Crippen molar-refractivity contribution >= 4 is 33.4 Å². The van der Waals surface area contributed by atoms with E-state index in [2.05, 4.69) is 18.9 Å². The summed E-state index contributed by atoms with van der Waals surface area (Å²) in [6.45, 7) is 2.14. The first kappa shape index (κ1) is 11.3. The Kier molecular flexibility index (Phi) is 8.61. The molecule has 0 bridgehead atoms. The van der Waals surface area contributed by atoms with Gasteiger partial charge in [-0.3, -0.25) is 0 Å². The summed E-state index contributed by atoms with van der Waals surface area (Å²) in [4.78, 5) is 0. The fraction of sp³-hybridized carbons (Fsp3) is 0.500. The molecule has 0 saturated heterocycles. The topological polar surface area (TPSA) is 0 Å². The predicted octanol–water partition coefficient (Wildman–Crippen LogP) is 3.88. The third-order valence-electron chi connectivity index (χ3n) is 0.973. The van der Waals surface area contributed by atoms with Gasteiger partial charge in [0.15, 0.2) is 0 Å². The predicted molar refractivity (Wildman–Crippen MR) is 57.7 cm³/mol. The molecule has 62 valence electrons. The zero-order chi connectivity index (χ0) is 8.53. The number of hydrogen-bond donors (Lipinski definition) is 0. The highest BCUT2D eigenvalue weighted by molar-refractivity contribution is 8.34. The van der Waals surface area contributed by atoms with Gasteiger partial charge in [-0.25, -0.2) is 0 Å². The molecule has 0 spiro atoms. The van der Waals surface area contributed by atoms with Crippen LogP contribution in [-0.4, -0.2) is 5.75 Å². The van der Waals surface area contributed by atoms with Gasteiger partial charge in [-0.1, -0.05) is 25.3 Å². The first-order valence-electron chi connectivity index (χ1n) is 3.40. The van der Waals surface area contributed by atoms with Crippen LogP contribution in [0.15, 0.2) is 10.3 Å². The molecule has 0 amide bonds. The lowest BCUT2D eigenvalue weighted by Crippen LogP contribution is -1.71. The summed E-state index contributed by atoms with van der Waals surface area (Å²) in [5.74, 6) is 3.26. The van der Waals surface area contributed by atoms with E-state index < -0.39 is 0 Å². The second kappa shape index (κ2) is 8.39. The fourth-order valence-corrected chi connectivity index (χ4v) is 2.07. The Balaban J connectivity index is 3.66. The molecule has 0 aromatic carbocycles. The molecule has 0 unspecified atom stereocenters. The fourth-order valence-electron chi connectivity index (χ4n) is 0.488. The maximum Gasteiger partial charge on any atom is 0.0597 e. The first-order chi connectivity index (χ1) is 5.35. The van der Waals surface area contributed by atoms with Crippen LogP contribution in [-0.2, 0) is 0 Å². The SMILES string of the molecule is C#CCS/C(=C/CCC)SCl. The summed E-state index contributed by atoms with van der Waals surface area (Å²) >= 11 is 1.62. The van der Waals surface area contributed by atoms with Gasteiger partial charge in [-0.05, 0) is 28.1 Å². The van der Waals surface area contributed by atoms with Crippen LogP contribution in [0.4, 0.5) is 0 Å². The average Bonchev–Trinajstić information content (AvgIpc) is 2.05. The summed E-state index contributed by atoms with van der Waals surface area (Å²) in [5.41, 5.74) is 0. The van der Waals surface area contributed by atoms with Gasteiger partial charge < -0.3 is 0 Å². The molecule has 0 aliphatic rings.